The lowest BCUT2D eigenvalue weighted by atomic mass is 9.75. The molecule has 1 aromatic carbocycles. The quantitative estimate of drug-likeness (QED) is 0.755. The average molecular weight is 372 g/mol. The Balaban J connectivity index is 1.32. The zero-order valence-corrected chi connectivity index (χ0v) is 16.0. The summed E-state index contributed by atoms with van der Waals surface area (Å²) in [6, 6.07) is 7.97. The van der Waals surface area contributed by atoms with E-state index in [1.54, 1.807) is 0 Å². The maximum Gasteiger partial charge on any atom is 0.277 e. The first-order chi connectivity index (χ1) is 12.7. The predicted octanol–water partition coefficient (Wildman–Crippen LogP) is 4.18. The molecule has 1 aromatic heterocycles. The summed E-state index contributed by atoms with van der Waals surface area (Å²) < 4.78 is 5.72. The lowest BCUT2D eigenvalue weighted by Gasteiger charge is -2.41. The molecule has 2 heterocycles. The third-order valence-electron chi connectivity index (χ3n) is 5.63. The maximum absolute atomic E-state index is 12.6. The first kappa shape index (κ1) is 17.6. The van der Waals surface area contributed by atoms with E-state index in [2.05, 4.69) is 10.2 Å². The minimum Gasteiger partial charge on any atom is -0.411 e. The van der Waals surface area contributed by atoms with Gasteiger partial charge >= 0.3 is 0 Å². The molecule has 0 N–H and O–H groups in total. The molecule has 0 spiro atoms. The molecule has 1 aliphatic heterocycles. The number of nitrogens with zero attached hydrogens (tertiary/aromatic N) is 3. The lowest BCUT2D eigenvalue weighted by molar-refractivity contribution is -0.131. The largest absolute Gasteiger partial charge is 0.411 e. The van der Waals surface area contributed by atoms with Crippen molar-refractivity contribution in [3.8, 4) is 11.5 Å². The molecule has 2 fully saturated rings. The molecule has 1 saturated carbocycles. The van der Waals surface area contributed by atoms with Crippen LogP contribution in [0, 0.1) is 18.8 Å². The smallest absolute Gasteiger partial charge is 0.277 e. The molecule has 1 amide bonds. The number of hydrogen-bond donors (Lipinski definition) is 0. The molecule has 6 heteroatoms. The van der Waals surface area contributed by atoms with Crippen LogP contribution in [0.2, 0.25) is 0 Å². The Hall–Kier alpha value is -1.82. The molecule has 1 saturated heterocycles. The molecule has 1 aliphatic carbocycles. The van der Waals surface area contributed by atoms with Crippen molar-refractivity contribution in [2.45, 2.75) is 44.3 Å². The predicted molar refractivity (Wildman–Crippen MR) is 102 cm³/mol. The maximum atomic E-state index is 12.6. The van der Waals surface area contributed by atoms with Crippen LogP contribution in [0.4, 0.5) is 0 Å². The first-order valence-corrected chi connectivity index (χ1v) is 10.5. The minimum atomic E-state index is 0.189. The summed E-state index contributed by atoms with van der Waals surface area (Å²) in [4.78, 5) is 14.6. The number of likely N-dealkylation sites (tertiary alicyclic amines) is 1. The fourth-order valence-corrected chi connectivity index (χ4v) is 4.87. The second-order valence-electron chi connectivity index (χ2n) is 7.46. The van der Waals surface area contributed by atoms with Gasteiger partial charge in [0.15, 0.2) is 0 Å². The van der Waals surface area contributed by atoms with Gasteiger partial charge in [-0.1, -0.05) is 48.7 Å². The van der Waals surface area contributed by atoms with Crippen LogP contribution in [0.3, 0.4) is 0 Å². The highest BCUT2D eigenvalue weighted by molar-refractivity contribution is 7.99. The normalized spacial score (nSPS) is 22.9. The van der Waals surface area contributed by atoms with E-state index in [4.69, 9.17) is 4.42 Å². The van der Waals surface area contributed by atoms with Crippen LogP contribution in [0.5, 0.6) is 0 Å². The van der Waals surface area contributed by atoms with Crippen LogP contribution in [-0.2, 0) is 4.79 Å². The Morgan fingerprint density at radius 3 is 2.92 bits per heavy atom. The molecule has 2 atom stereocenters. The number of thioether (sulfide) groups is 1. The van der Waals surface area contributed by atoms with Crippen molar-refractivity contribution < 1.29 is 9.21 Å². The van der Waals surface area contributed by atoms with Crippen LogP contribution in [-0.4, -0.2) is 39.8 Å². The number of aromatic nitrogens is 2. The number of aryl methyl sites for hydroxylation is 1. The van der Waals surface area contributed by atoms with Crippen LogP contribution >= 0.6 is 11.8 Å². The molecule has 0 radical (unpaired) electrons. The van der Waals surface area contributed by atoms with Gasteiger partial charge in [-0.3, -0.25) is 4.79 Å². The zero-order valence-electron chi connectivity index (χ0n) is 15.2. The number of hydrogen-bond acceptors (Lipinski definition) is 5. The Kier molecular flexibility index (Phi) is 5.29. The zero-order chi connectivity index (χ0) is 17.9. The molecular formula is C20H25N3O2S. The lowest BCUT2D eigenvalue weighted by Crippen LogP contribution is -2.45. The van der Waals surface area contributed by atoms with E-state index in [0.717, 1.165) is 30.1 Å². The summed E-state index contributed by atoms with van der Waals surface area (Å²) in [5, 5.41) is 8.65. The third kappa shape index (κ3) is 3.95. The minimum absolute atomic E-state index is 0.189. The van der Waals surface area contributed by atoms with Crippen LogP contribution in [0.25, 0.3) is 11.5 Å². The first-order valence-electron chi connectivity index (χ1n) is 9.50. The highest BCUT2D eigenvalue weighted by atomic mass is 32.2. The van der Waals surface area contributed by atoms with E-state index in [9.17, 15) is 4.79 Å². The molecule has 4 rings (SSSR count). The fourth-order valence-electron chi connectivity index (χ4n) is 4.21. The molecule has 0 bridgehead atoms. The van der Waals surface area contributed by atoms with Gasteiger partial charge in [0.2, 0.25) is 11.8 Å². The van der Waals surface area contributed by atoms with Gasteiger partial charge in [-0.2, -0.15) is 0 Å². The van der Waals surface area contributed by atoms with E-state index in [0.29, 0.717) is 22.8 Å². The van der Waals surface area contributed by atoms with Gasteiger partial charge in [0.25, 0.3) is 5.22 Å². The van der Waals surface area contributed by atoms with Gasteiger partial charge in [0, 0.05) is 18.7 Å². The highest BCUT2D eigenvalue weighted by Crippen LogP contribution is 2.36. The Labute approximate surface area is 158 Å². The van der Waals surface area contributed by atoms with Crippen LogP contribution in [0.15, 0.2) is 33.9 Å². The Morgan fingerprint density at radius 1 is 1.23 bits per heavy atom. The topological polar surface area (TPSA) is 59.2 Å². The van der Waals surface area contributed by atoms with Crippen molar-refractivity contribution in [3.63, 3.8) is 0 Å². The molecule has 2 aliphatic rings. The van der Waals surface area contributed by atoms with Gasteiger partial charge < -0.3 is 9.32 Å². The second-order valence-corrected chi connectivity index (χ2v) is 8.39. The summed E-state index contributed by atoms with van der Waals surface area (Å²) in [5.41, 5.74) is 2.06. The van der Waals surface area contributed by atoms with Crippen molar-refractivity contribution in [3.05, 3.63) is 29.8 Å². The SMILES string of the molecule is Cc1cccc(-c2nnc(SCC(=O)N3CC[C@H]4CCCC[C@H]4C3)o2)c1. The van der Waals surface area contributed by atoms with E-state index < -0.39 is 0 Å². The molecule has 0 unspecified atom stereocenters. The van der Waals surface area contributed by atoms with Crippen molar-refractivity contribution >= 4 is 17.7 Å². The van der Waals surface area contributed by atoms with Crippen LogP contribution in [0.1, 0.15) is 37.7 Å². The van der Waals surface area contributed by atoms with Crippen LogP contribution < -0.4 is 0 Å². The van der Waals surface area contributed by atoms with Gasteiger partial charge in [-0.15, -0.1) is 10.2 Å². The fraction of sp³-hybridized carbons (Fsp3) is 0.550. The van der Waals surface area contributed by atoms with E-state index in [-0.39, 0.29) is 5.91 Å². The summed E-state index contributed by atoms with van der Waals surface area (Å²) in [6.45, 7) is 3.87. The summed E-state index contributed by atoms with van der Waals surface area (Å²) in [6.07, 6.45) is 6.49. The second kappa shape index (κ2) is 7.82. The van der Waals surface area contributed by atoms with Gasteiger partial charge in [0.05, 0.1) is 5.75 Å². The third-order valence-corrected chi connectivity index (χ3v) is 6.44. The van der Waals surface area contributed by atoms with Gasteiger partial charge in [-0.05, 0) is 43.7 Å². The number of amides is 1. The monoisotopic (exact) mass is 371 g/mol. The van der Waals surface area contributed by atoms with Crippen molar-refractivity contribution in [2.24, 2.45) is 11.8 Å². The molecule has 138 valence electrons. The summed E-state index contributed by atoms with van der Waals surface area (Å²) in [5.74, 6) is 2.62. The summed E-state index contributed by atoms with van der Waals surface area (Å²) >= 11 is 1.34. The van der Waals surface area contributed by atoms with Crippen molar-refractivity contribution in [2.75, 3.05) is 18.8 Å². The van der Waals surface area contributed by atoms with E-state index >= 15 is 0 Å². The molecule has 26 heavy (non-hydrogen) atoms. The highest BCUT2D eigenvalue weighted by Gasteiger charge is 2.32. The number of carbonyl (C=O) groups excluding carboxylic acids is 1. The molecule has 2 aromatic rings. The van der Waals surface area contributed by atoms with Crippen molar-refractivity contribution in [1.82, 2.24) is 15.1 Å². The number of benzene rings is 1. The average Bonchev–Trinajstić information content (AvgIpc) is 3.15. The number of rotatable bonds is 4. The van der Waals surface area contributed by atoms with Gasteiger partial charge in [0.1, 0.15) is 0 Å². The number of fused-ring (bicyclic) bond motifs is 1. The van der Waals surface area contributed by atoms with Crippen molar-refractivity contribution in [1.29, 1.82) is 0 Å². The molecule has 5 nitrogen and oxygen atoms in total. The van der Waals surface area contributed by atoms with E-state index in [1.165, 1.54) is 43.9 Å². The Bertz CT molecular complexity index is 776. The molecular weight excluding hydrogens is 346 g/mol. The standard InChI is InChI=1S/C20H25N3O2S/c1-14-5-4-8-16(11-14)19-21-22-20(25-19)26-13-18(24)23-10-9-15-6-2-3-7-17(15)12-23/h4-5,8,11,15,17H,2-3,6-7,9-10,12-13H2,1H3/t15-,17+/m1/s1. The van der Waals surface area contributed by atoms with Gasteiger partial charge in [-0.25, -0.2) is 0 Å². The summed E-state index contributed by atoms with van der Waals surface area (Å²) in [7, 11) is 0. The van der Waals surface area contributed by atoms with E-state index in [1.807, 2.05) is 36.1 Å². The Morgan fingerprint density at radius 2 is 2.08 bits per heavy atom. The number of carbonyl (C=O) groups is 1. The number of piperidine rings is 1.